The highest BCUT2D eigenvalue weighted by atomic mass is 16.6. The molecule has 19 aliphatic rings. The number of carbonyl (C=O) groups excluding carboxylic acids is 3. The number of hydrogen-bond acceptors (Lipinski definition) is 13. The van der Waals surface area contributed by atoms with Crippen molar-refractivity contribution in [2.75, 3.05) is 39.3 Å². The first-order valence-corrected chi connectivity index (χ1v) is 38.0. The second kappa shape index (κ2) is 20.9. The maximum atomic E-state index is 16.8. The Morgan fingerprint density at radius 2 is 1.38 bits per heavy atom. The number of allylic oxidation sites excluding steroid dienone is 9. The van der Waals surface area contributed by atoms with Gasteiger partial charge in [0.15, 0.2) is 0 Å². The van der Waals surface area contributed by atoms with Gasteiger partial charge in [0.25, 0.3) is 0 Å². The van der Waals surface area contributed by atoms with Crippen LogP contribution in [0.25, 0.3) is 28.9 Å². The van der Waals surface area contributed by atoms with Crippen molar-refractivity contribution >= 4 is 64.4 Å². The maximum Gasteiger partial charge on any atom is 0.320 e. The van der Waals surface area contributed by atoms with Crippen LogP contribution in [-0.2, 0) is 51.9 Å². The average Bonchev–Trinajstić information content (AvgIpc) is 1.00. The van der Waals surface area contributed by atoms with Crippen LogP contribution in [0.15, 0.2) is 181 Å². The monoisotopic (exact) mass is 1420 g/mol. The fraction of sp³-hybridized carbons (Fsp3) is 0.409. The largest absolute Gasteiger partial charge is 0.481 e. The second-order valence-corrected chi connectivity index (χ2v) is 34.4. The van der Waals surface area contributed by atoms with Crippen molar-refractivity contribution in [1.82, 2.24) is 20.4 Å². The van der Waals surface area contributed by atoms with Gasteiger partial charge in [-0.3, -0.25) is 38.6 Å². The molecule has 1 heterocycles. The van der Waals surface area contributed by atoms with Gasteiger partial charge in [-0.25, -0.2) is 0 Å². The third-order valence-electron chi connectivity index (χ3n) is 27.8. The topological polar surface area (TPSA) is 287 Å². The summed E-state index contributed by atoms with van der Waals surface area (Å²) in [5.41, 5.74) is 9.39. The lowest BCUT2D eigenvalue weighted by molar-refractivity contribution is -0.144. The lowest BCUT2D eigenvalue weighted by Gasteiger charge is -2.67. The Morgan fingerprint density at radius 1 is 0.670 bits per heavy atom. The van der Waals surface area contributed by atoms with Gasteiger partial charge in [-0.1, -0.05) is 117 Å². The summed E-state index contributed by atoms with van der Waals surface area (Å²) >= 11 is 0. The number of carboxylic acids is 3. The number of carbonyl (C=O) groups is 6. The van der Waals surface area contributed by atoms with Crippen molar-refractivity contribution in [1.29, 1.82) is 0 Å². The van der Waals surface area contributed by atoms with E-state index in [0.29, 0.717) is 129 Å². The Morgan fingerprint density at radius 3 is 2.08 bits per heavy atom. The summed E-state index contributed by atoms with van der Waals surface area (Å²) in [6.07, 6.45) is 25.6. The Hall–Kier alpha value is -9.24. The van der Waals surface area contributed by atoms with Crippen LogP contribution in [0.2, 0.25) is 0 Å². The molecule has 1 aliphatic heterocycles. The Kier molecular flexibility index (Phi) is 12.8. The lowest BCUT2D eigenvalue weighted by atomic mass is 9.36. The minimum atomic E-state index is -2.05. The van der Waals surface area contributed by atoms with Gasteiger partial charge in [-0.15, -0.1) is 0 Å². The summed E-state index contributed by atoms with van der Waals surface area (Å²) in [5.74, 6) is -8.99. The van der Waals surface area contributed by atoms with Crippen LogP contribution in [0, 0.1) is 40.4 Å². The van der Waals surface area contributed by atoms with E-state index < -0.39 is 111 Å². The third-order valence-corrected chi connectivity index (χ3v) is 27.8. The van der Waals surface area contributed by atoms with Gasteiger partial charge in [0.05, 0.1) is 29.4 Å². The highest BCUT2D eigenvalue weighted by molar-refractivity contribution is 6.13. The number of amides is 2. The highest BCUT2D eigenvalue weighted by Gasteiger charge is 2.84. The van der Waals surface area contributed by atoms with E-state index in [-0.39, 0.29) is 62.5 Å². The predicted molar refractivity (Wildman–Crippen MR) is 392 cm³/mol. The van der Waals surface area contributed by atoms with Crippen molar-refractivity contribution in [2.45, 2.75) is 145 Å². The summed E-state index contributed by atoms with van der Waals surface area (Å²) in [4.78, 5) is 89.4. The van der Waals surface area contributed by atoms with Gasteiger partial charge in [0.2, 0.25) is 11.8 Å². The molecule has 106 heavy (non-hydrogen) atoms. The van der Waals surface area contributed by atoms with E-state index in [9.17, 15) is 44.7 Å². The zero-order valence-electron chi connectivity index (χ0n) is 59.7. The van der Waals surface area contributed by atoms with E-state index in [1.165, 1.54) is 6.92 Å². The smallest absolute Gasteiger partial charge is 0.320 e. The van der Waals surface area contributed by atoms with E-state index >= 15 is 19.8 Å². The van der Waals surface area contributed by atoms with Crippen LogP contribution < -0.4 is 21.1 Å². The van der Waals surface area contributed by atoms with Crippen LogP contribution in [-0.4, -0.2) is 161 Å². The number of nitrogens with one attached hydrogen (secondary N) is 2. The quantitative estimate of drug-likeness (QED) is 0.0274. The number of ketones is 1. The number of carboxylic acid groups (broad SMARTS) is 3. The number of ether oxygens (including phenoxy) is 1. The Labute approximate surface area is 611 Å². The molecule has 2 fully saturated rings. The van der Waals surface area contributed by atoms with Crippen LogP contribution in [0.5, 0.6) is 0 Å². The van der Waals surface area contributed by atoms with Crippen molar-refractivity contribution < 1.29 is 69.2 Å². The molecule has 21 rings (SSSR count). The van der Waals surface area contributed by atoms with Gasteiger partial charge in [-0.05, 0) is 222 Å². The number of hydrogen-bond donors (Lipinski definition) is 9. The van der Waals surface area contributed by atoms with Crippen LogP contribution in [0.4, 0.5) is 0 Å². The fourth-order valence-corrected chi connectivity index (χ4v) is 24.9. The van der Waals surface area contributed by atoms with Gasteiger partial charge in [-0.2, -0.15) is 0 Å². The molecule has 16 unspecified atom stereocenters. The van der Waals surface area contributed by atoms with Gasteiger partial charge in [0.1, 0.15) is 46.4 Å². The first-order chi connectivity index (χ1) is 50.7. The normalized spacial score (nSPS) is 34.4. The first-order valence-electron chi connectivity index (χ1n) is 38.0. The molecular formula is C88H82N4O14. The van der Waals surface area contributed by atoms with Gasteiger partial charge in [0, 0.05) is 79.9 Å². The fourth-order valence-electron chi connectivity index (χ4n) is 24.9. The van der Waals surface area contributed by atoms with Crippen LogP contribution in [0.3, 0.4) is 0 Å². The molecule has 1 spiro atoms. The summed E-state index contributed by atoms with van der Waals surface area (Å²) in [6, 6.07) is 2.62. The van der Waals surface area contributed by atoms with Gasteiger partial charge < -0.3 is 51.1 Å². The second-order valence-electron chi connectivity index (χ2n) is 34.4. The summed E-state index contributed by atoms with van der Waals surface area (Å²) in [5, 5.41) is 99.6. The number of Topliss-reactive ketones (excluding diaryl/α,β-unsaturated/α-hetero) is 1. The molecule has 18 aliphatic carbocycles. The molecule has 538 valence electrons. The molecule has 2 aromatic rings. The number of nitrogens with zero attached hydrogens (tertiary/aromatic N) is 2. The first kappa shape index (κ1) is 65.1. The van der Waals surface area contributed by atoms with E-state index in [2.05, 4.69) is 61.9 Å². The Bertz CT molecular complexity index is 5490. The molecule has 18 nitrogen and oxygen atoms in total. The molecule has 0 bridgehead atoms. The zero-order valence-corrected chi connectivity index (χ0v) is 59.7. The summed E-state index contributed by atoms with van der Waals surface area (Å²) in [7, 11) is 0. The van der Waals surface area contributed by atoms with E-state index in [1.54, 1.807) is 17.9 Å². The molecule has 16 atom stereocenters. The molecular weight excluding hydrogens is 1340 g/mol. The molecule has 0 aromatic heterocycles. The minimum absolute atomic E-state index is 0.0489. The van der Waals surface area contributed by atoms with E-state index in [4.69, 9.17) is 4.74 Å². The number of aliphatic hydroxyl groups excluding tert-OH is 2. The number of rotatable bonds is 25. The number of aliphatic carboxylic acids is 3. The molecule has 9 N–H and O–H groups in total. The van der Waals surface area contributed by atoms with E-state index in [0.717, 1.165) is 83.2 Å². The predicted octanol–water partition coefficient (Wildman–Crippen LogP) is 7.05. The third kappa shape index (κ3) is 7.43. The highest BCUT2D eigenvalue weighted by Crippen LogP contribution is 2.84. The number of aliphatic hydroxyl groups is 4. The molecule has 0 radical (unpaired) electrons. The van der Waals surface area contributed by atoms with Crippen LogP contribution in [0.1, 0.15) is 129 Å². The minimum Gasteiger partial charge on any atom is -0.481 e. The molecule has 1 saturated carbocycles. The number of epoxide rings is 1. The van der Waals surface area contributed by atoms with Crippen molar-refractivity contribution in [2.24, 2.45) is 40.4 Å². The SMILES string of the molecule is C=C(C)CN(CC(C)=O)C(CCCCNC(=O)C12C=CC=C3C=C4C=C5C6=C7C(=CC5O)C(O)C5=CC8C9=C%10C5=C7C5=C7c%11c(c(cc%12c%11=C%11C%13c%14c(cc%15c(c%14C%10(O)C5%11)C9C59OC5(C=CC=C9C8C(=O)O)C%15)C=CC%13(C(=O)NCCCCC(C(=O)O)N(CC(=C)C)CC(C)C)C=%12)C1)C(=C32)C4C67O)C(=O)O. The summed E-state index contributed by atoms with van der Waals surface area (Å²) < 4.78 is 7.35. The van der Waals surface area contributed by atoms with Crippen molar-refractivity contribution in [3.8, 4) is 0 Å². The maximum absolute atomic E-state index is 16.8. The standard InChI is InChI=1S/C88H82N4O14/c1-37(2)33-91(34-38(3)4)52(78(96)97)16-8-10-23-90-82(103)84-21-18-41-24-46-32-85-20-13-15-51-59(80(100)101)48-28-49-61-63-60-50(77(49)95)29-54(94)47-27-43-25-42-14-12-19-83(81(102)89-22-11-9-17-53(79(98)99)92(35-39(5)6)36-40(7)93)30-44-26-45(31-84)56-64-55(44)65(68(42)83)69(43)86(104,70(47)60)74(64)67(63)75-66(56)71(84)57(41)72-58(46)76(88(51,85)106-85)62(48)73(61)87(72,75)105/h12-15,18-21,24-29,31,38,48,52-54,59,69,71,75-77,94-95,104-105H,1,5,8-11,16-17,22-23,30,32-36H2,2-4,6-7H3,(H,89,102)(H,90,103)(H,96,97)(H,98,99)(H,100,101). The molecule has 18 heteroatoms. The van der Waals surface area contributed by atoms with Crippen LogP contribution >= 0.6 is 0 Å². The summed E-state index contributed by atoms with van der Waals surface area (Å²) in [6.45, 7) is 19.0. The lowest BCUT2D eigenvalue weighted by Crippen LogP contribution is -2.66. The van der Waals surface area contributed by atoms with E-state index in [1.807, 2.05) is 72.6 Å². The van der Waals surface area contributed by atoms with Gasteiger partial charge >= 0.3 is 17.9 Å². The van der Waals surface area contributed by atoms with Crippen molar-refractivity contribution in [3.05, 3.63) is 236 Å². The zero-order chi connectivity index (χ0) is 73.3. The Balaban J connectivity index is 0.796. The molecule has 1 saturated heterocycles. The molecule has 2 aromatic carbocycles. The number of unbranched alkanes of at least 4 members (excludes halogenated alkanes) is 2. The average molecular weight is 1420 g/mol. The van der Waals surface area contributed by atoms with Crippen molar-refractivity contribution in [3.63, 3.8) is 0 Å². The molecule has 2 amide bonds. The number of benzene rings is 2.